The summed E-state index contributed by atoms with van der Waals surface area (Å²) in [6.07, 6.45) is 0.739. The van der Waals surface area contributed by atoms with E-state index in [1.165, 1.54) is 10.9 Å². The van der Waals surface area contributed by atoms with E-state index in [1.54, 1.807) is 70.7 Å². The minimum atomic E-state index is -0.441. The van der Waals surface area contributed by atoms with Gasteiger partial charge in [-0.05, 0) is 59.7 Å². The predicted octanol–water partition coefficient (Wildman–Crippen LogP) is 5.20. The highest BCUT2D eigenvalue weighted by Gasteiger charge is 2.34. The van der Waals surface area contributed by atoms with Crippen molar-refractivity contribution in [3.8, 4) is 11.5 Å². The molecule has 1 aliphatic rings. The van der Waals surface area contributed by atoms with Crippen LogP contribution in [-0.2, 0) is 11.2 Å². The molecule has 0 unspecified atom stereocenters. The summed E-state index contributed by atoms with van der Waals surface area (Å²) in [5.41, 5.74) is 1.49. The first kappa shape index (κ1) is 25.7. The highest BCUT2D eigenvalue weighted by atomic mass is 32.1. The van der Waals surface area contributed by atoms with Crippen LogP contribution in [-0.4, -0.2) is 55.0 Å². The third kappa shape index (κ3) is 5.87. The lowest BCUT2D eigenvalue weighted by atomic mass is 10.00. The Labute approximate surface area is 215 Å². The van der Waals surface area contributed by atoms with Gasteiger partial charge in [-0.25, -0.2) is 4.39 Å². The number of methoxy groups -OCH3 is 1. The Balaban J connectivity index is 1.55. The Morgan fingerprint density at radius 2 is 1.97 bits per heavy atom. The molecule has 6 nitrogen and oxygen atoms in total. The maximum absolute atomic E-state index is 14.2. The molecule has 0 spiro atoms. The fourth-order valence-electron chi connectivity index (χ4n) is 4.46. The Hall–Kier alpha value is -3.39. The Kier molecular flexibility index (Phi) is 8.25. The summed E-state index contributed by atoms with van der Waals surface area (Å²) in [4.78, 5) is 31.6. The summed E-state index contributed by atoms with van der Waals surface area (Å²) in [5.74, 6) is 0.0975. The number of hydrogen-bond donors (Lipinski definition) is 0. The molecule has 0 radical (unpaired) electrons. The lowest BCUT2D eigenvalue weighted by molar-refractivity contribution is -0.135. The van der Waals surface area contributed by atoms with Gasteiger partial charge in [-0.15, -0.1) is 11.3 Å². The summed E-state index contributed by atoms with van der Waals surface area (Å²) >= 11 is 1.65. The Morgan fingerprint density at radius 3 is 2.72 bits per heavy atom. The number of para-hydroxylation sites is 1. The quantitative estimate of drug-likeness (QED) is 0.397. The minimum absolute atomic E-state index is 0.0517. The zero-order valence-corrected chi connectivity index (χ0v) is 21.6. The average molecular weight is 511 g/mol. The lowest BCUT2D eigenvalue weighted by Gasteiger charge is -2.37. The molecule has 3 aromatic rings. The Morgan fingerprint density at radius 1 is 1.17 bits per heavy atom. The highest BCUT2D eigenvalue weighted by molar-refractivity contribution is 7.10. The zero-order valence-electron chi connectivity index (χ0n) is 20.8. The van der Waals surface area contributed by atoms with Crippen molar-refractivity contribution in [3.05, 3.63) is 81.8 Å². The number of rotatable bonds is 9. The number of amides is 2. The molecule has 0 aliphatic carbocycles. The second-order valence-electron chi connectivity index (χ2n) is 9.20. The maximum atomic E-state index is 14.2. The number of hydrogen-bond acceptors (Lipinski definition) is 5. The summed E-state index contributed by atoms with van der Waals surface area (Å²) in [6.45, 7) is 5.06. The largest absolute Gasteiger partial charge is 0.497 e. The summed E-state index contributed by atoms with van der Waals surface area (Å²) in [7, 11) is 1.55. The van der Waals surface area contributed by atoms with E-state index in [4.69, 9.17) is 9.47 Å². The molecule has 4 rings (SSSR count). The second kappa shape index (κ2) is 11.6. The van der Waals surface area contributed by atoms with Gasteiger partial charge in [0.25, 0.3) is 5.91 Å². The van der Waals surface area contributed by atoms with Crippen molar-refractivity contribution in [2.45, 2.75) is 26.3 Å². The number of ether oxygens (including phenoxy) is 2. The van der Waals surface area contributed by atoms with Crippen molar-refractivity contribution in [3.63, 3.8) is 0 Å². The van der Waals surface area contributed by atoms with Crippen LogP contribution in [0.2, 0.25) is 0 Å². The number of benzene rings is 2. The van der Waals surface area contributed by atoms with Crippen LogP contribution in [0.5, 0.6) is 11.5 Å². The number of thiophene rings is 1. The molecule has 1 atom stereocenters. The van der Waals surface area contributed by atoms with Gasteiger partial charge in [0, 0.05) is 23.5 Å². The highest BCUT2D eigenvalue weighted by Crippen LogP contribution is 2.34. The van der Waals surface area contributed by atoms with Gasteiger partial charge in [0.1, 0.15) is 18.9 Å². The molecule has 36 heavy (non-hydrogen) atoms. The fourth-order valence-corrected chi connectivity index (χ4v) is 5.39. The molecule has 0 saturated heterocycles. The molecule has 1 aromatic heterocycles. The van der Waals surface area contributed by atoms with Crippen LogP contribution in [0.3, 0.4) is 0 Å². The number of fused-ring (bicyclic) bond motifs is 1. The van der Waals surface area contributed by atoms with Crippen LogP contribution in [0.15, 0.2) is 60.0 Å². The van der Waals surface area contributed by atoms with E-state index in [1.807, 2.05) is 25.3 Å². The monoisotopic (exact) mass is 510 g/mol. The van der Waals surface area contributed by atoms with Crippen molar-refractivity contribution in [1.82, 2.24) is 9.80 Å². The van der Waals surface area contributed by atoms with Crippen molar-refractivity contribution < 1.29 is 23.5 Å². The van der Waals surface area contributed by atoms with Crippen molar-refractivity contribution in [2.75, 3.05) is 33.4 Å². The molecular formula is C28H31FN2O4S. The lowest BCUT2D eigenvalue weighted by Crippen LogP contribution is -2.48. The maximum Gasteiger partial charge on any atom is 0.254 e. The second-order valence-corrected chi connectivity index (χ2v) is 10.2. The molecule has 1 aliphatic heterocycles. The molecule has 2 heterocycles. The molecule has 190 valence electrons. The summed E-state index contributed by atoms with van der Waals surface area (Å²) < 4.78 is 25.3. The van der Waals surface area contributed by atoms with E-state index < -0.39 is 5.82 Å². The Bertz CT molecular complexity index is 1210. The van der Waals surface area contributed by atoms with Crippen LogP contribution >= 0.6 is 11.3 Å². The van der Waals surface area contributed by atoms with Crippen LogP contribution in [0.25, 0.3) is 0 Å². The molecule has 8 heteroatoms. The van der Waals surface area contributed by atoms with E-state index in [-0.39, 0.29) is 42.7 Å². The van der Waals surface area contributed by atoms with Crippen LogP contribution in [0, 0.1) is 11.7 Å². The summed E-state index contributed by atoms with van der Waals surface area (Å²) in [6, 6.07) is 14.9. The van der Waals surface area contributed by atoms with E-state index in [2.05, 4.69) is 0 Å². The molecule has 2 amide bonds. The molecule has 0 N–H and O–H groups in total. The molecule has 0 fully saturated rings. The third-order valence-electron chi connectivity index (χ3n) is 6.16. The van der Waals surface area contributed by atoms with Gasteiger partial charge in [-0.2, -0.15) is 0 Å². The van der Waals surface area contributed by atoms with Gasteiger partial charge < -0.3 is 19.3 Å². The van der Waals surface area contributed by atoms with Crippen molar-refractivity contribution in [2.24, 2.45) is 5.92 Å². The van der Waals surface area contributed by atoms with Crippen LogP contribution in [0.1, 0.15) is 40.7 Å². The normalized spacial score (nSPS) is 14.9. The summed E-state index contributed by atoms with van der Waals surface area (Å²) in [5, 5.41) is 2.01. The smallest absolute Gasteiger partial charge is 0.254 e. The SMILES string of the molecule is COc1cccc(C(=O)N(CC(=O)N2CCc3sccc3[C@@H]2COc2ccccc2F)CC(C)C)c1. The van der Waals surface area contributed by atoms with E-state index in [0.717, 1.165) is 12.0 Å². The van der Waals surface area contributed by atoms with E-state index >= 15 is 0 Å². The zero-order chi connectivity index (χ0) is 25.7. The van der Waals surface area contributed by atoms with Crippen molar-refractivity contribution >= 4 is 23.2 Å². The first-order valence-corrected chi connectivity index (χ1v) is 12.9. The van der Waals surface area contributed by atoms with E-state index in [0.29, 0.717) is 24.4 Å². The topological polar surface area (TPSA) is 59.1 Å². The fraction of sp³-hybridized carbons (Fsp3) is 0.357. The van der Waals surface area contributed by atoms with Gasteiger partial charge in [0.05, 0.1) is 13.2 Å². The first-order valence-electron chi connectivity index (χ1n) is 12.0. The minimum Gasteiger partial charge on any atom is -0.497 e. The van der Waals surface area contributed by atoms with Crippen LogP contribution in [0.4, 0.5) is 4.39 Å². The number of nitrogens with zero attached hydrogens (tertiary/aromatic N) is 2. The number of halogens is 1. The molecule has 0 saturated carbocycles. The van der Waals surface area contributed by atoms with Crippen molar-refractivity contribution in [1.29, 1.82) is 0 Å². The van der Waals surface area contributed by atoms with Gasteiger partial charge in [-0.1, -0.05) is 32.0 Å². The molecule has 0 bridgehead atoms. The van der Waals surface area contributed by atoms with Gasteiger partial charge in [0.15, 0.2) is 11.6 Å². The standard InChI is InChI=1S/C28H31FN2O4S/c1-19(2)16-30(28(33)20-7-6-8-21(15-20)34-3)17-27(32)31-13-11-26-22(12-14-36-26)24(31)18-35-25-10-5-4-9-23(25)29/h4-10,12,14-15,19,24H,11,13,16-18H2,1-3H3/t24-/m0/s1. The molecular weight excluding hydrogens is 479 g/mol. The van der Waals surface area contributed by atoms with Gasteiger partial charge >= 0.3 is 0 Å². The molecule has 2 aromatic carbocycles. The van der Waals surface area contributed by atoms with Crippen LogP contribution < -0.4 is 9.47 Å². The number of carbonyl (C=O) groups is 2. The first-order chi connectivity index (χ1) is 17.4. The van der Waals surface area contributed by atoms with E-state index in [9.17, 15) is 14.0 Å². The van der Waals surface area contributed by atoms with Gasteiger partial charge in [-0.3, -0.25) is 9.59 Å². The average Bonchev–Trinajstić information content (AvgIpc) is 3.36. The van der Waals surface area contributed by atoms with Gasteiger partial charge in [0.2, 0.25) is 5.91 Å². The number of carbonyl (C=O) groups excluding carboxylic acids is 2. The third-order valence-corrected chi connectivity index (χ3v) is 7.16. The predicted molar refractivity (Wildman–Crippen MR) is 138 cm³/mol.